The topological polar surface area (TPSA) is 52.0 Å². The van der Waals surface area contributed by atoms with Crippen molar-refractivity contribution in [2.45, 2.75) is 13.0 Å². The Bertz CT molecular complexity index is 1060. The second kappa shape index (κ2) is 8.98. The lowest BCUT2D eigenvalue weighted by molar-refractivity contribution is 0.411. The average Bonchev–Trinajstić information content (AvgIpc) is 3.42. The second-order valence-corrected chi connectivity index (χ2v) is 7.25. The van der Waals surface area contributed by atoms with Gasteiger partial charge in [-0.15, -0.1) is 11.3 Å². The van der Waals surface area contributed by atoms with Crippen LogP contribution in [0.1, 0.15) is 11.3 Å². The van der Waals surface area contributed by atoms with Crippen LogP contribution in [0.5, 0.6) is 5.75 Å². The van der Waals surface area contributed by atoms with Crippen LogP contribution >= 0.6 is 11.3 Å². The van der Waals surface area contributed by atoms with Gasteiger partial charge in [0.25, 0.3) is 0 Å². The van der Waals surface area contributed by atoms with E-state index < -0.39 is 0 Å². The molecule has 0 saturated heterocycles. The van der Waals surface area contributed by atoms with Crippen molar-refractivity contribution in [3.05, 3.63) is 82.7 Å². The number of rotatable bonds is 8. The Hall–Kier alpha value is -3.03. The van der Waals surface area contributed by atoms with Crippen LogP contribution in [-0.4, -0.2) is 28.4 Å². The van der Waals surface area contributed by atoms with E-state index in [0.717, 1.165) is 29.9 Å². The molecular weight excluding hydrogens is 387 g/mol. The third-order valence-electron chi connectivity index (χ3n) is 4.60. The summed E-state index contributed by atoms with van der Waals surface area (Å²) in [5, 5.41) is 10.2. The van der Waals surface area contributed by atoms with Crippen LogP contribution in [-0.2, 0) is 13.0 Å². The standard InChI is InChI=1S/C22H21FN4OS/c1-28-19-7-8-20(21(23)11-19)22-16(12-24-10-9-17-14-29-15-25-17)13-27(26-22)18-5-3-2-4-6-18/h2-8,11,13-15,24H,9-10,12H2,1H3. The predicted octanol–water partition coefficient (Wildman–Crippen LogP) is 4.48. The maximum absolute atomic E-state index is 14.7. The normalized spacial score (nSPS) is 11.0. The van der Waals surface area contributed by atoms with Gasteiger partial charge >= 0.3 is 0 Å². The number of halogens is 1. The first-order valence-electron chi connectivity index (χ1n) is 9.30. The average molecular weight is 409 g/mol. The van der Waals surface area contributed by atoms with E-state index in [0.29, 0.717) is 23.6 Å². The number of para-hydroxylation sites is 1. The quantitative estimate of drug-likeness (QED) is 0.437. The Labute approximate surface area is 172 Å². The van der Waals surface area contributed by atoms with Gasteiger partial charge in [0, 0.05) is 48.3 Å². The molecule has 4 rings (SSSR count). The Morgan fingerprint density at radius 2 is 2.03 bits per heavy atom. The molecule has 0 aliphatic carbocycles. The molecule has 29 heavy (non-hydrogen) atoms. The fourth-order valence-corrected chi connectivity index (χ4v) is 3.69. The van der Waals surface area contributed by atoms with Gasteiger partial charge in [0.1, 0.15) is 17.3 Å². The minimum Gasteiger partial charge on any atom is -0.497 e. The number of nitrogens with one attached hydrogen (secondary N) is 1. The molecule has 2 heterocycles. The van der Waals surface area contributed by atoms with Crippen LogP contribution in [0.2, 0.25) is 0 Å². The van der Waals surface area contributed by atoms with E-state index in [9.17, 15) is 4.39 Å². The Balaban J connectivity index is 1.60. The molecule has 0 saturated carbocycles. The van der Waals surface area contributed by atoms with Crippen LogP contribution in [0.4, 0.5) is 4.39 Å². The van der Waals surface area contributed by atoms with Crippen molar-refractivity contribution in [1.29, 1.82) is 0 Å². The summed E-state index contributed by atoms with van der Waals surface area (Å²) in [4.78, 5) is 4.30. The largest absolute Gasteiger partial charge is 0.497 e. The lowest BCUT2D eigenvalue weighted by Crippen LogP contribution is -2.17. The van der Waals surface area contributed by atoms with Gasteiger partial charge in [-0.2, -0.15) is 5.10 Å². The van der Waals surface area contributed by atoms with Gasteiger partial charge in [-0.1, -0.05) is 18.2 Å². The van der Waals surface area contributed by atoms with E-state index in [1.54, 1.807) is 28.2 Å². The summed E-state index contributed by atoms with van der Waals surface area (Å²) in [7, 11) is 1.52. The molecule has 0 fully saturated rings. The number of nitrogens with zero attached hydrogens (tertiary/aromatic N) is 3. The summed E-state index contributed by atoms with van der Waals surface area (Å²) in [6.45, 7) is 1.36. The summed E-state index contributed by atoms with van der Waals surface area (Å²) in [6, 6.07) is 14.7. The van der Waals surface area contributed by atoms with Crippen LogP contribution in [0.25, 0.3) is 16.9 Å². The van der Waals surface area contributed by atoms with Gasteiger partial charge in [-0.3, -0.25) is 0 Å². The van der Waals surface area contributed by atoms with E-state index in [1.807, 2.05) is 47.4 Å². The van der Waals surface area contributed by atoms with Crippen molar-refractivity contribution in [1.82, 2.24) is 20.1 Å². The molecular formula is C22H21FN4OS. The monoisotopic (exact) mass is 408 g/mol. The van der Waals surface area contributed by atoms with Crippen molar-refractivity contribution in [2.75, 3.05) is 13.7 Å². The third-order valence-corrected chi connectivity index (χ3v) is 5.23. The number of hydrogen-bond acceptors (Lipinski definition) is 5. The SMILES string of the molecule is COc1ccc(-c2nn(-c3ccccc3)cc2CNCCc2cscn2)c(F)c1. The highest BCUT2D eigenvalue weighted by atomic mass is 32.1. The van der Waals surface area contributed by atoms with Crippen molar-refractivity contribution in [3.8, 4) is 22.7 Å². The van der Waals surface area contributed by atoms with Crippen molar-refractivity contribution in [3.63, 3.8) is 0 Å². The summed E-state index contributed by atoms with van der Waals surface area (Å²) >= 11 is 1.60. The third kappa shape index (κ3) is 4.52. The second-order valence-electron chi connectivity index (χ2n) is 6.54. The van der Waals surface area contributed by atoms with E-state index in [4.69, 9.17) is 4.74 Å². The van der Waals surface area contributed by atoms with Gasteiger partial charge in [0.15, 0.2) is 0 Å². The first-order chi connectivity index (χ1) is 14.2. The fraction of sp³-hybridized carbons (Fsp3) is 0.182. The predicted molar refractivity (Wildman–Crippen MR) is 113 cm³/mol. The number of thiazole rings is 1. The molecule has 4 aromatic rings. The minimum absolute atomic E-state index is 0.355. The number of methoxy groups -OCH3 is 1. The molecule has 0 atom stereocenters. The zero-order valence-electron chi connectivity index (χ0n) is 16.0. The first kappa shape index (κ1) is 19.3. The molecule has 0 spiro atoms. The van der Waals surface area contributed by atoms with Crippen molar-refractivity contribution >= 4 is 11.3 Å². The van der Waals surface area contributed by atoms with Crippen LogP contribution in [0, 0.1) is 5.82 Å². The maximum Gasteiger partial charge on any atom is 0.136 e. The number of ether oxygens (including phenoxy) is 1. The van der Waals surface area contributed by atoms with Crippen molar-refractivity contribution < 1.29 is 9.13 Å². The molecule has 0 aliphatic heterocycles. The molecule has 0 unspecified atom stereocenters. The maximum atomic E-state index is 14.7. The number of benzene rings is 2. The zero-order chi connectivity index (χ0) is 20.1. The minimum atomic E-state index is -0.355. The van der Waals surface area contributed by atoms with E-state index >= 15 is 0 Å². The van der Waals surface area contributed by atoms with Crippen LogP contribution < -0.4 is 10.1 Å². The lowest BCUT2D eigenvalue weighted by Gasteiger charge is -2.07. The van der Waals surface area contributed by atoms with E-state index in [1.165, 1.54) is 13.2 Å². The molecule has 2 aromatic heterocycles. The summed E-state index contributed by atoms with van der Waals surface area (Å²) < 4.78 is 21.6. The fourth-order valence-electron chi connectivity index (χ4n) is 3.09. The Kier molecular flexibility index (Phi) is 5.97. The molecule has 1 N–H and O–H groups in total. The van der Waals surface area contributed by atoms with Crippen molar-refractivity contribution in [2.24, 2.45) is 0 Å². The molecule has 2 aromatic carbocycles. The van der Waals surface area contributed by atoms with E-state index in [2.05, 4.69) is 15.4 Å². The molecule has 5 nitrogen and oxygen atoms in total. The number of aromatic nitrogens is 3. The molecule has 0 bridgehead atoms. The molecule has 0 aliphatic rings. The van der Waals surface area contributed by atoms with Gasteiger partial charge in [-0.25, -0.2) is 14.1 Å². The molecule has 0 radical (unpaired) electrons. The summed E-state index contributed by atoms with van der Waals surface area (Å²) in [5.41, 5.74) is 5.84. The first-order valence-corrected chi connectivity index (χ1v) is 10.2. The zero-order valence-corrected chi connectivity index (χ0v) is 16.8. The van der Waals surface area contributed by atoms with Crippen LogP contribution in [0.15, 0.2) is 65.6 Å². The number of hydrogen-bond donors (Lipinski definition) is 1. The van der Waals surface area contributed by atoms with E-state index in [-0.39, 0.29) is 5.82 Å². The Morgan fingerprint density at radius 3 is 2.76 bits per heavy atom. The van der Waals surface area contributed by atoms with Gasteiger partial charge in [-0.05, 0) is 24.3 Å². The highest BCUT2D eigenvalue weighted by molar-refractivity contribution is 7.07. The van der Waals surface area contributed by atoms with Crippen LogP contribution in [0.3, 0.4) is 0 Å². The van der Waals surface area contributed by atoms with Gasteiger partial charge < -0.3 is 10.1 Å². The highest BCUT2D eigenvalue weighted by Crippen LogP contribution is 2.28. The van der Waals surface area contributed by atoms with Gasteiger partial charge in [0.2, 0.25) is 0 Å². The Morgan fingerprint density at radius 1 is 1.17 bits per heavy atom. The molecule has 7 heteroatoms. The molecule has 148 valence electrons. The smallest absolute Gasteiger partial charge is 0.136 e. The molecule has 0 amide bonds. The van der Waals surface area contributed by atoms with Gasteiger partial charge in [0.05, 0.1) is 24.0 Å². The lowest BCUT2D eigenvalue weighted by atomic mass is 10.1. The highest BCUT2D eigenvalue weighted by Gasteiger charge is 2.16. The summed E-state index contributed by atoms with van der Waals surface area (Å²) in [6.07, 6.45) is 2.80. The summed E-state index contributed by atoms with van der Waals surface area (Å²) in [5.74, 6) is 0.128.